The number of hydrogen-bond acceptors (Lipinski definition) is 2. The van der Waals surface area contributed by atoms with Gasteiger partial charge < -0.3 is 10.1 Å². The van der Waals surface area contributed by atoms with Crippen molar-refractivity contribution in [1.29, 1.82) is 0 Å². The third-order valence-electron chi connectivity index (χ3n) is 8.12. The Bertz CT molecular complexity index is 1170. The van der Waals surface area contributed by atoms with Crippen LogP contribution in [0.5, 0.6) is 0 Å². The second kappa shape index (κ2) is 7.33. The van der Waals surface area contributed by atoms with Gasteiger partial charge in [0.2, 0.25) is 0 Å². The maximum Gasteiger partial charge on any atom is 0.0756 e. The summed E-state index contributed by atoms with van der Waals surface area (Å²) in [6.45, 7) is 4.67. The van der Waals surface area contributed by atoms with Crippen LogP contribution in [-0.2, 0) is 12.0 Å². The van der Waals surface area contributed by atoms with Gasteiger partial charge >= 0.3 is 0 Å². The normalized spacial score (nSPS) is 32.0. The minimum absolute atomic E-state index is 0.0284. The molecule has 1 saturated heterocycles. The van der Waals surface area contributed by atoms with E-state index in [9.17, 15) is 5.11 Å². The first-order chi connectivity index (χ1) is 15.0. The summed E-state index contributed by atoms with van der Waals surface area (Å²) in [6, 6.07) is 17.0. The molecule has 31 heavy (non-hydrogen) atoms. The number of halogens is 1. The van der Waals surface area contributed by atoms with Crippen LogP contribution in [0.25, 0.3) is 17.0 Å². The highest BCUT2D eigenvalue weighted by Crippen LogP contribution is 2.51. The number of benzene rings is 2. The molecule has 1 saturated carbocycles. The van der Waals surface area contributed by atoms with Crippen molar-refractivity contribution in [2.24, 2.45) is 11.8 Å². The van der Waals surface area contributed by atoms with Crippen LogP contribution in [0, 0.1) is 11.8 Å². The van der Waals surface area contributed by atoms with E-state index < -0.39 is 0 Å². The van der Waals surface area contributed by atoms with Crippen molar-refractivity contribution in [1.82, 2.24) is 9.88 Å². The molecule has 0 spiro atoms. The van der Waals surface area contributed by atoms with Crippen LogP contribution in [0.4, 0.5) is 0 Å². The first-order valence-electron chi connectivity index (χ1n) is 11.5. The van der Waals surface area contributed by atoms with Crippen molar-refractivity contribution in [2.75, 3.05) is 13.1 Å². The summed E-state index contributed by atoms with van der Waals surface area (Å²) in [5, 5.41) is 12.4. The Hall–Kier alpha value is -1.88. The molecule has 3 aromatic rings. The molecule has 0 amide bonds. The first-order valence-corrected chi connectivity index (χ1v) is 12.3. The zero-order valence-corrected chi connectivity index (χ0v) is 19.5. The number of H-pyrrole nitrogens is 1. The second-order valence-electron chi connectivity index (χ2n) is 9.95. The van der Waals surface area contributed by atoms with E-state index in [-0.39, 0.29) is 11.6 Å². The minimum Gasteiger partial charge on any atom is -0.389 e. The molecule has 0 bridgehead atoms. The number of hydrogen-bond donors (Lipinski definition) is 2. The molecule has 2 aromatic carbocycles. The van der Waals surface area contributed by atoms with E-state index in [1.165, 1.54) is 33.3 Å². The number of aliphatic hydroxyl groups is 1. The number of fused-ring (bicyclic) bond motifs is 6. The molecule has 1 aromatic heterocycles. The molecule has 6 rings (SSSR count). The summed E-state index contributed by atoms with van der Waals surface area (Å²) in [4.78, 5) is 6.52. The monoisotopic (exact) mass is 476 g/mol. The lowest BCUT2D eigenvalue weighted by Crippen LogP contribution is -2.57. The van der Waals surface area contributed by atoms with Gasteiger partial charge in [0.05, 0.1) is 11.6 Å². The van der Waals surface area contributed by atoms with Gasteiger partial charge in [-0.1, -0.05) is 52.3 Å². The Labute approximate surface area is 192 Å². The molecular weight excluding hydrogens is 448 g/mol. The standard InChI is InChI=1S/C27H29BrN2O/c1-27-15-19-13-25(31)18(11-17-5-3-2-4-6-17)12-20(19)16-30(27)10-9-22-23-14-21(28)7-8-24(23)29-26(22)27/h2-8,11,14,19-20,25,29,31H,9-10,12-13,15-16H2,1H3/t19?,20?,25-,27-/m0/s1. The Morgan fingerprint density at radius 1 is 1.16 bits per heavy atom. The molecule has 2 unspecified atom stereocenters. The van der Waals surface area contributed by atoms with Gasteiger partial charge in [-0.2, -0.15) is 0 Å². The van der Waals surface area contributed by atoms with E-state index in [0.29, 0.717) is 11.8 Å². The number of aromatic nitrogens is 1. The molecule has 2 N–H and O–H groups in total. The van der Waals surface area contributed by atoms with Gasteiger partial charge in [0.15, 0.2) is 0 Å². The Morgan fingerprint density at radius 3 is 2.84 bits per heavy atom. The quantitative estimate of drug-likeness (QED) is 0.460. The van der Waals surface area contributed by atoms with Crippen LogP contribution in [0.2, 0.25) is 0 Å². The zero-order valence-electron chi connectivity index (χ0n) is 17.9. The van der Waals surface area contributed by atoms with E-state index in [1.807, 2.05) is 6.07 Å². The third-order valence-corrected chi connectivity index (χ3v) is 8.61. The molecule has 1 aliphatic carbocycles. The zero-order chi connectivity index (χ0) is 21.2. The Balaban J connectivity index is 1.32. The van der Waals surface area contributed by atoms with Gasteiger partial charge in [-0.15, -0.1) is 0 Å². The van der Waals surface area contributed by atoms with Crippen LogP contribution in [0.1, 0.15) is 43.0 Å². The third kappa shape index (κ3) is 3.23. The second-order valence-corrected chi connectivity index (χ2v) is 10.9. The van der Waals surface area contributed by atoms with Gasteiger partial charge in [-0.25, -0.2) is 0 Å². The highest BCUT2D eigenvalue weighted by molar-refractivity contribution is 9.10. The smallest absolute Gasteiger partial charge is 0.0756 e. The number of aromatic amines is 1. The molecule has 3 nitrogen and oxygen atoms in total. The van der Waals surface area contributed by atoms with Crippen LogP contribution in [-0.4, -0.2) is 34.2 Å². The molecule has 2 aliphatic heterocycles. The molecule has 3 aliphatic rings. The van der Waals surface area contributed by atoms with Gasteiger partial charge in [0.25, 0.3) is 0 Å². The summed E-state index contributed by atoms with van der Waals surface area (Å²) < 4.78 is 1.14. The van der Waals surface area contributed by atoms with E-state index >= 15 is 0 Å². The van der Waals surface area contributed by atoms with Crippen molar-refractivity contribution in [2.45, 2.75) is 44.2 Å². The Morgan fingerprint density at radius 2 is 2.00 bits per heavy atom. The maximum atomic E-state index is 11.0. The SMILES string of the molecule is C[C@@]12CC3C[C@H](O)C(=Cc4ccccc4)CC3CN1CCc1c2[nH]c2ccc(Br)cc12. The number of rotatable bonds is 1. The topological polar surface area (TPSA) is 39.3 Å². The van der Waals surface area contributed by atoms with Gasteiger partial charge in [-0.3, -0.25) is 4.90 Å². The van der Waals surface area contributed by atoms with Crippen LogP contribution in [0.3, 0.4) is 0 Å². The lowest BCUT2D eigenvalue weighted by Gasteiger charge is -2.55. The average Bonchev–Trinajstić information content (AvgIpc) is 3.13. The number of piperidine rings is 1. The summed E-state index contributed by atoms with van der Waals surface area (Å²) in [5.74, 6) is 1.19. The largest absolute Gasteiger partial charge is 0.389 e. The van der Waals surface area contributed by atoms with E-state index in [0.717, 1.165) is 43.2 Å². The minimum atomic E-state index is -0.321. The summed E-state index contributed by atoms with van der Waals surface area (Å²) >= 11 is 3.65. The number of nitrogens with one attached hydrogen (secondary N) is 1. The van der Waals surface area contributed by atoms with E-state index in [4.69, 9.17) is 0 Å². The lowest BCUT2D eigenvalue weighted by atomic mass is 9.64. The van der Waals surface area contributed by atoms with Crippen molar-refractivity contribution in [3.05, 3.63) is 75.4 Å². The lowest BCUT2D eigenvalue weighted by molar-refractivity contribution is -0.0402. The highest BCUT2D eigenvalue weighted by atomic mass is 79.9. The predicted octanol–water partition coefficient (Wildman–Crippen LogP) is 5.88. The molecule has 0 radical (unpaired) electrons. The van der Waals surface area contributed by atoms with Gasteiger partial charge in [0.1, 0.15) is 0 Å². The van der Waals surface area contributed by atoms with Crippen molar-refractivity contribution >= 4 is 32.9 Å². The predicted molar refractivity (Wildman–Crippen MR) is 130 cm³/mol. The van der Waals surface area contributed by atoms with Crippen molar-refractivity contribution in [3.63, 3.8) is 0 Å². The summed E-state index contributed by atoms with van der Waals surface area (Å²) in [5.41, 5.74) is 6.59. The average molecular weight is 477 g/mol. The first kappa shape index (κ1) is 19.8. The fraction of sp³-hybridized carbons (Fsp3) is 0.407. The van der Waals surface area contributed by atoms with Crippen molar-refractivity contribution in [3.8, 4) is 0 Å². The molecule has 4 atom stereocenters. The number of aliphatic hydroxyl groups excluding tert-OH is 1. The van der Waals surface area contributed by atoms with Crippen LogP contribution < -0.4 is 0 Å². The summed E-state index contributed by atoms with van der Waals surface area (Å²) in [7, 11) is 0. The molecule has 160 valence electrons. The number of nitrogens with zero attached hydrogens (tertiary/aromatic N) is 1. The van der Waals surface area contributed by atoms with Gasteiger partial charge in [-0.05, 0) is 79.3 Å². The molecular formula is C27H29BrN2O. The molecule has 2 fully saturated rings. The van der Waals surface area contributed by atoms with Crippen molar-refractivity contribution < 1.29 is 5.11 Å². The summed E-state index contributed by atoms with van der Waals surface area (Å²) in [6.07, 6.45) is 6.02. The van der Waals surface area contributed by atoms with Crippen LogP contribution in [0.15, 0.2) is 58.6 Å². The maximum absolute atomic E-state index is 11.0. The Kier molecular flexibility index (Phi) is 4.68. The molecule has 4 heteroatoms. The fourth-order valence-corrected chi connectivity index (χ4v) is 6.89. The fourth-order valence-electron chi connectivity index (χ4n) is 6.53. The van der Waals surface area contributed by atoms with Gasteiger partial charge in [0, 0.05) is 34.2 Å². The van der Waals surface area contributed by atoms with E-state index in [1.54, 1.807) is 0 Å². The van der Waals surface area contributed by atoms with Crippen LogP contribution >= 0.6 is 15.9 Å². The highest BCUT2D eigenvalue weighted by Gasteiger charge is 2.49. The molecule has 3 heterocycles. The van der Waals surface area contributed by atoms with E-state index in [2.05, 4.69) is 81.3 Å².